The highest BCUT2D eigenvalue weighted by Crippen LogP contribution is 2.17. The van der Waals surface area contributed by atoms with E-state index in [1.165, 1.54) is 0 Å². The molecule has 0 saturated heterocycles. The molecule has 2 aromatic carbocycles. The van der Waals surface area contributed by atoms with Gasteiger partial charge in [0.15, 0.2) is 0 Å². The lowest BCUT2D eigenvalue weighted by Crippen LogP contribution is -2.36. The van der Waals surface area contributed by atoms with Crippen molar-refractivity contribution in [3.05, 3.63) is 71.8 Å². The number of benzene rings is 2. The highest BCUT2D eigenvalue weighted by Gasteiger charge is 2.20. The summed E-state index contributed by atoms with van der Waals surface area (Å²) in [6.07, 6.45) is 0.271. The minimum atomic E-state index is -1.06. The van der Waals surface area contributed by atoms with Gasteiger partial charge < -0.3 is 21.2 Å². The summed E-state index contributed by atoms with van der Waals surface area (Å²) < 4.78 is 0. The molecule has 0 radical (unpaired) electrons. The van der Waals surface area contributed by atoms with E-state index in [2.05, 4.69) is 0 Å². The average Bonchev–Trinajstić information content (AvgIpc) is 2.66. The molecule has 0 amide bonds. The van der Waals surface area contributed by atoms with Crippen molar-refractivity contribution in [3.8, 4) is 0 Å². The van der Waals surface area contributed by atoms with Crippen molar-refractivity contribution in [1.82, 2.24) is 5.48 Å². The zero-order valence-corrected chi connectivity index (χ0v) is 14.4. The number of hydrogen-bond donors (Lipinski definition) is 5. The maximum absolute atomic E-state index is 10.6. The van der Waals surface area contributed by atoms with Crippen LogP contribution < -0.4 is 11.2 Å². The largest absolute Gasteiger partial charge is 0.480 e. The average molecular weight is 360 g/mol. The van der Waals surface area contributed by atoms with Gasteiger partial charge in [-0.25, -0.2) is 0 Å². The van der Waals surface area contributed by atoms with E-state index in [-0.39, 0.29) is 12.3 Å². The fraction of sp³-hybridized carbons (Fsp3) is 0.263. The molecule has 1 unspecified atom stereocenters. The van der Waals surface area contributed by atoms with Crippen molar-refractivity contribution >= 4 is 11.9 Å². The second kappa shape index (κ2) is 11.0. The summed E-state index contributed by atoms with van der Waals surface area (Å²) >= 11 is 0. The number of carboxylic acids is 2. The van der Waals surface area contributed by atoms with Crippen LogP contribution in [0.4, 0.5) is 0 Å². The standard InChI is InChI=1S/C10H13NO2.C9H11NO3/c1-7(9(11)10(12)13)8-5-3-2-4-6-8;11-9(12)8(10-13)6-7-4-2-1-3-5-7/h2-7,9H,11H2,1H3,(H,12,13);1-5,8,10,13H,6H2,(H,11,12)/t7?,9-;8-/m00/s1. The first-order valence-electron chi connectivity index (χ1n) is 8.06. The minimum absolute atomic E-state index is 0.154. The molecule has 0 aliphatic heterocycles. The third kappa shape index (κ3) is 7.02. The van der Waals surface area contributed by atoms with Crippen LogP contribution in [0.3, 0.4) is 0 Å². The Labute approximate surface area is 152 Å². The van der Waals surface area contributed by atoms with Crippen LogP contribution >= 0.6 is 0 Å². The third-order valence-electron chi connectivity index (χ3n) is 3.89. The van der Waals surface area contributed by atoms with Gasteiger partial charge in [-0.1, -0.05) is 67.6 Å². The molecule has 0 spiro atoms. The van der Waals surface area contributed by atoms with Gasteiger partial charge in [-0.05, 0) is 11.1 Å². The van der Waals surface area contributed by atoms with E-state index in [9.17, 15) is 9.59 Å². The van der Waals surface area contributed by atoms with Gasteiger partial charge in [0, 0.05) is 12.3 Å². The number of hydrogen-bond acceptors (Lipinski definition) is 5. The molecule has 0 fully saturated rings. The van der Waals surface area contributed by atoms with Crippen LogP contribution in [0.2, 0.25) is 0 Å². The van der Waals surface area contributed by atoms with Crippen molar-refractivity contribution in [2.75, 3.05) is 0 Å². The van der Waals surface area contributed by atoms with E-state index in [1.807, 2.05) is 67.6 Å². The smallest absolute Gasteiger partial charge is 0.323 e. The van der Waals surface area contributed by atoms with Crippen LogP contribution in [0.25, 0.3) is 0 Å². The highest BCUT2D eigenvalue weighted by atomic mass is 16.5. The lowest BCUT2D eigenvalue weighted by molar-refractivity contribution is -0.142. The first kappa shape index (κ1) is 21.3. The molecule has 26 heavy (non-hydrogen) atoms. The number of carboxylic acid groups (broad SMARTS) is 2. The van der Waals surface area contributed by atoms with Crippen LogP contribution in [0, 0.1) is 0 Å². The Hall–Kier alpha value is -2.74. The van der Waals surface area contributed by atoms with Crippen LogP contribution in [0.15, 0.2) is 60.7 Å². The number of carbonyl (C=O) groups is 2. The summed E-state index contributed by atoms with van der Waals surface area (Å²) in [5.41, 5.74) is 9.07. The van der Waals surface area contributed by atoms with Crippen molar-refractivity contribution in [2.45, 2.75) is 31.3 Å². The third-order valence-corrected chi connectivity index (χ3v) is 3.89. The lowest BCUT2D eigenvalue weighted by atomic mass is 9.94. The van der Waals surface area contributed by atoms with Gasteiger partial charge in [-0.3, -0.25) is 9.59 Å². The molecule has 6 N–H and O–H groups in total. The predicted octanol–water partition coefficient (Wildman–Crippen LogP) is 1.86. The van der Waals surface area contributed by atoms with Crippen molar-refractivity contribution in [3.63, 3.8) is 0 Å². The number of rotatable bonds is 7. The first-order chi connectivity index (χ1) is 12.4. The van der Waals surface area contributed by atoms with Crippen LogP contribution in [0.5, 0.6) is 0 Å². The van der Waals surface area contributed by atoms with Crippen molar-refractivity contribution in [1.29, 1.82) is 0 Å². The van der Waals surface area contributed by atoms with E-state index in [4.69, 9.17) is 21.2 Å². The minimum Gasteiger partial charge on any atom is -0.480 e. The highest BCUT2D eigenvalue weighted by molar-refractivity contribution is 5.74. The Morgan fingerprint density at radius 3 is 1.88 bits per heavy atom. The van der Waals surface area contributed by atoms with E-state index < -0.39 is 24.0 Å². The fourth-order valence-electron chi connectivity index (χ4n) is 2.22. The fourth-order valence-corrected chi connectivity index (χ4v) is 2.22. The van der Waals surface area contributed by atoms with Gasteiger partial charge in [0.1, 0.15) is 12.1 Å². The molecule has 2 aromatic rings. The molecular formula is C19H24N2O5. The lowest BCUT2D eigenvalue weighted by Gasteiger charge is -2.15. The maximum Gasteiger partial charge on any atom is 0.323 e. The number of nitrogens with two attached hydrogens (primary N) is 1. The topological polar surface area (TPSA) is 133 Å². The van der Waals surface area contributed by atoms with Gasteiger partial charge in [0.2, 0.25) is 0 Å². The molecule has 7 nitrogen and oxygen atoms in total. The molecular weight excluding hydrogens is 336 g/mol. The van der Waals surface area contributed by atoms with Gasteiger partial charge >= 0.3 is 11.9 Å². The summed E-state index contributed by atoms with van der Waals surface area (Å²) in [6, 6.07) is 16.8. The Bertz CT molecular complexity index is 667. The summed E-state index contributed by atoms with van der Waals surface area (Å²) in [5.74, 6) is -2.18. The number of hydroxylamine groups is 1. The number of aliphatic carboxylic acids is 2. The Kier molecular flexibility index (Phi) is 9.00. The second-order valence-corrected chi connectivity index (χ2v) is 5.77. The van der Waals surface area contributed by atoms with Crippen molar-refractivity contribution in [2.24, 2.45) is 5.73 Å². The molecule has 0 bridgehead atoms. The van der Waals surface area contributed by atoms with E-state index in [0.717, 1.165) is 11.1 Å². The van der Waals surface area contributed by atoms with E-state index >= 15 is 0 Å². The van der Waals surface area contributed by atoms with Gasteiger partial charge in [0.25, 0.3) is 0 Å². The van der Waals surface area contributed by atoms with Crippen LogP contribution in [0.1, 0.15) is 24.0 Å². The zero-order valence-electron chi connectivity index (χ0n) is 14.4. The summed E-state index contributed by atoms with van der Waals surface area (Å²) in [5, 5.41) is 25.8. The second-order valence-electron chi connectivity index (χ2n) is 5.77. The van der Waals surface area contributed by atoms with Crippen LogP contribution in [-0.4, -0.2) is 39.4 Å². The SMILES string of the molecule is CC(c1ccccc1)[C@H](N)C(=O)O.O=C(O)[C@H](Cc1ccccc1)NO. The monoisotopic (exact) mass is 360 g/mol. The van der Waals surface area contributed by atoms with Crippen LogP contribution in [-0.2, 0) is 16.0 Å². The molecule has 0 aromatic heterocycles. The zero-order chi connectivity index (χ0) is 19.5. The van der Waals surface area contributed by atoms with E-state index in [1.54, 1.807) is 5.48 Å². The van der Waals surface area contributed by atoms with Gasteiger partial charge in [-0.2, -0.15) is 5.48 Å². The molecule has 0 aliphatic rings. The Morgan fingerprint density at radius 2 is 1.46 bits per heavy atom. The van der Waals surface area contributed by atoms with Gasteiger partial charge in [0.05, 0.1) is 0 Å². The first-order valence-corrected chi connectivity index (χ1v) is 8.06. The van der Waals surface area contributed by atoms with Crippen molar-refractivity contribution < 1.29 is 25.0 Å². The molecule has 7 heteroatoms. The maximum atomic E-state index is 10.6. The predicted molar refractivity (Wildman–Crippen MR) is 97.0 cm³/mol. The summed E-state index contributed by atoms with van der Waals surface area (Å²) in [7, 11) is 0. The molecule has 140 valence electrons. The molecule has 0 saturated carbocycles. The van der Waals surface area contributed by atoms with E-state index in [0.29, 0.717) is 0 Å². The molecule has 0 aliphatic carbocycles. The molecule has 2 rings (SSSR count). The summed E-state index contributed by atoms with van der Waals surface area (Å²) in [6.45, 7) is 1.81. The number of nitrogens with one attached hydrogen (secondary N) is 1. The summed E-state index contributed by atoms with van der Waals surface area (Å²) in [4.78, 5) is 21.1. The Balaban J connectivity index is 0.000000260. The molecule has 3 atom stereocenters. The Morgan fingerprint density at radius 1 is 0.962 bits per heavy atom. The normalized spacial score (nSPS) is 13.7. The molecule has 0 heterocycles. The quantitative estimate of drug-likeness (QED) is 0.476. The van der Waals surface area contributed by atoms with Gasteiger partial charge in [-0.15, -0.1) is 0 Å².